The molecule has 0 spiro atoms. The van der Waals surface area contributed by atoms with Crippen LogP contribution in [0.1, 0.15) is 13.8 Å². The van der Waals surface area contributed by atoms with Gasteiger partial charge in [0.05, 0.1) is 19.3 Å². The number of ether oxygens (including phenoxy) is 1. The lowest BCUT2D eigenvalue weighted by Gasteiger charge is -2.42. The van der Waals surface area contributed by atoms with E-state index in [-0.39, 0.29) is 5.54 Å². The van der Waals surface area contributed by atoms with Gasteiger partial charge in [-0.2, -0.15) is 0 Å². The van der Waals surface area contributed by atoms with Crippen LogP contribution in [0.15, 0.2) is 0 Å². The zero-order valence-corrected chi connectivity index (χ0v) is 8.29. The molecular formula is C9H18FNO2. The fourth-order valence-corrected chi connectivity index (χ4v) is 1.53. The third-order valence-corrected chi connectivity index (χ3v) is 2.43. The van der Waals surface area contributed by atoms with E-state index < -0.39 is 12.8 Å². The number of rotatable bonds is 3. The summed E-state index contributed by atoms with van der Waals surface area (Å²) in [4.78, 5) is 2.07. The zero-order valence-electron chi connectivity index (χ0n) is 8.29. The minimum atomic E-state index is -0.864. The highest BCUT2D eigenvalue weighted by molar-refractivity contribution is 4.85. The number of aliphatic hydroxyl groups is 1. The van der Waals surface area contributed by atoms with Gasteiger partial charge in [-0.25, -0.2) is 4.39 Å². The predicted molar refractivity (Wildman–Crippen MR) is 48.5 cm³/mol. The maximum absolute atomic E-state index is 12.1. The molecule has 0 aromatic heterocycles. The van der Waals surface area contributed by atoms with Crippen molar-refractivity contribution in [1.82, 2.24) is 4.90 Å². The summed E-state index contributed by atoms with van der Waals surface area (Å²) in [6.07, 6.45) is -0.864. The molecule has 0 aromatic rings. The smallest absolute Gasteiger partial charge is 0.117 e. The molecule has 0 aromatic carbocycles. The van der Waals surface area contributed by atoms with Gasteiger partial charge in [-0.15, -0.1) is 0 Å². The molecule has 13 heavy (non-hydrogen) atoms. The Bertz CT molecular complexity index is 164. The van der Waals surface area contributed by atoms with Crippen LogP contribution in [0.2, 0.25) is 0 Å². The molecular weight excluding hydrogens is 173 g/mol. The van der Waals surface area contributed by atoms with Crippen LogP contribution < -0.4 is 0 Å². The molecule has 1 N–H and O–H groups in total. The van der Waals surface area contributed by atoms with Gasteiger partial charge < -0.3 is 9.84 Å². The highest BCUT2D eigenvalue weighted by Gasteiger charge is 2.31. The van der Waals surface area contributed by atoms with Crippen molar-refractivity contribution in [2.24, 2.45) is 0 Å². The van der Waals surface area contributed by atoms with Crippen LogP contribution in [0.4, 0.5) is 4.39 Å². The van der Waals surface area contributed by atoms with Crippen LogP contribution in [0, 0.1) is 0 Å². The summed E-state index contributed by atoms with van der Waals surface area (Å²) in [5.41, 5.74) is -0.0889. The number of hydrogen-bond donors (Lipinski definition) is 1. The molecule has 1 fully saturated rings. The topological polar surface area (TPSA) is 32.7 Å². The quantitative estimate of drug-likeness (QED) is 0.702. The standard InChI is InChI=1S/C9H18FNO2/c1-9(2)7-13-4-3-11(9)6-8(12)5-10/h8,12H,3-7H2,1-2H3. The van der Waals surface area contributed by atoms with Gasteiger partial charge in [-0.05, 0) is 13.8 Å². The summed E-state index contributed by atoms with van der Waals surface area (Å²) in [7, 11) is 0. The van der Waals surface area contributed by atoms with Gasteiger partial charge in [0, 0.05) is 18.6 Å². The van der Waals surface area contributed by atoms with Crippen molar-refractivity contribution in [1.29, 1.82) is 0 Å². The second kappa shape index (κ2) is 4.35. The van der Waals surface area contributed by atoms with E-state index in [1.165, 1.54) is 0 Å². The number of hydrogen-bond acceptors (Lipinski definition) is 3. The molecule has 0 saturated carbocycles. The molecule has 1 saturated heterocycles. The van der Waals surface area contributed by atoms with Crippen LogP contribution in [0.5, 0.6) is 0 Å². The fourth-order valence-electron chi connectivity index (χ4n) is 1.53. The molecule has 0 aliphatic carbocycles. The van der Waals surface area contributed by atoms with Gasteiger partial charge >= 0.3 is 0 Å². The Balaban J connectivity index is 2.46. The molecule has 0 bridgehead atoms. The van der Waals surface area contributed by atoms with Gasteiger partial charge in [0.1, 0.15) is 6.67 Å². The minimum absolute atomic E-state index is 0.0889. The zero-order chi connectivity index (χ0) is 9.90. The molecule has 3 nitrogen and oxygen atoms in total. The van der Waals surface area contributed by atoms with Gasteiger partial charge in [-0.1, -0.05) is 0 Å². The number of halogens is 1. The first-order valence-corrected chi connectivity index (χ1v) is 4.63. The van der Waals surface area contributed by atoms with E-state index in [0.29, 0.717) is 19.8 Å². The van der Waals surface area contributed by atoms with Crippen LogP contribution >= 0.6 is 0 Å². The van der Waals surface area contributed by atoms with Gasteiger partial charge in [0.15, 0.2) is 0 Å². The first-order valence-electron chi connectivity index (χ1n) is 4.63. The van der Waals surface area contributed by atoms with E-state index in [2.05, 4.69) is 4.90 Å². The predicted octanol–water partition coefficient (Wildman–Crippen LogP) is 0.428. The Kier molecular flexibility index (Phi) is 3.64. The SMILES string of the molecule is CC1(C)COCCN1CC(O)CF. The van der Waals surface area contributed by atoms with Crippen LogP contribution in [-0.2, 0) is 4.74 Å². The van der Waals surface area contributed by atoms with Crippen molar-refractivity contribution in [2.75, 3.05) is 33.0 Å². The molecule has 1 rings (SSSR count). The molecule has 1 heterocycles. The molecule has 0 radical (unpaired) electrons. The van der Waals surface area contributed by atoms with E-state index >= 15 is 0 Å². The summed E-state index contributed by atoms with van der Waals surface area (Å²) in [5.74, 6) is 0. The third-order valence-electron chi connectivity index (χ3n) is 2.43. The average molecular weight is 191 g/mol. The fraction of sp³-hybridized carbons (Fsp3) is 1.00. The van der Waals surface area contributed by atoms with Crippen molar-refractivity contribution >= 4 is 0 Å². The van der Waals surface area contributed by atoms with E-state index in [0.717, 1.165) is 6.54 Å². The Morgan fingerprint density at radius 2 is 2.31 bits per heavy atom. The van der Waals surface area contributed by atoms with Crippen LogP contribution in [0.25, 0.3) is 0 Å². The number of β-amino-alcohol motifs (C(OH)–C–C–N with tert-alkyl or cyclic N) is 1. The first kappa shape index (κ1) is 10.9. The summed E-state index contributed by atoms with van der Waals surface area (Å²) in [6.45, 7) is 5.88. The van der Waals surface area contributed by atoms with Gasteiger partial charge in [0.25, 0.3) is 0 Å². The first-order chi connectivity index (χ1) is 6.06. The van der Waals surface area contributed by atoms with Crippen molar-refractivity contribution in [3.8, 4) is 0 Å². The van der Waals surface area contributed by atoms with Gasteiger partial charge in [0.2, 0.25) is 0 Å². The van der Waals surface area contributed by atoms with Crippen molar-refractivity contribution in [3.05, 3.63) is 0 Å². The molecule has 0 amide bonds. The summed E-state index contributed by atoms with van der Waals surface area (Å²) in [6, 6.07) is 0. The normalized spacial score (nSPS) is 25.8. The average Bonchev–Trinajstić information content (AvgIpc) is 2.08. The van der Waals surface area contributed by atoms with Crippen LogP contribution in [0.3, 0.4) is 0 Å². The van der Waals surface area contributed by atoms with Crippen molar-refractivity contribution in [3.63, 3.8) is 0 Å². The van der Waals surface area contributed by atoms with Gasteiger partial charge in [-0.3, -0.25) is 4.90 Å². The molecule has 1 aliphatic heterocycles. The van der Waals surface area contributed by atoms with E-state index in [1.54, 1.807) is 0 Å². The Morgan fingerprint density at radius 1 is 1.62 bits per heavy atom. The largest absolute Gasteiger partial charge is 0.389 e. The highest BCUT2D eigenvalue weighted by atomic mass is 19.1. The maximum atomic E-state index is 12.1. The monoisotopic (exact) mass is 191 g/mol. The molecule has 1 atom stereocenters. The van der Waals surface area contributed by atoms with Crippen LogP contribution in [-0.4, -0.2) is 54.6 Å². The lowest BCUT2D eigenvalue weighted by molar-refractivity contribution is -0.0682. The number of nitrogens with zero attached hydrogens (tertiary/aromatic N) is 1. The number of aliphatic hydroxyl groups excluding tert-OH is 1. The van der Waals surface area contributed by atoms with E-state index in [9.17, 15) is 9.50 Å². The Hall–Kier alpha value is -0.190. The molecule has 78 valence electrons. The van der Waals surface area contributed by atoms with E-state index in [1.807, 2.05) is 13.8 Å². The number of morpholine rings is 1. The lowest BCUT2D eigenvalue weighted by Crippen LogP contribution is -2.55. The molecule has 1 unspecified atom stereocenters. The third kappa shape index (κ3) is 2.90. The summed E-state index contributed by atoms with van der Waals surface area (Å²) in [5, 5.41) is 9.18. The summed E-state index contributed by atoms with van der Waals surface area (Å²) < 4.78 is 17.4. The highest BCUT2D eigenvalue weighted by Crippen LogP contribution is 2.18. The lowest BCUT2D eigenvalue weighted by atomic mass is 10.0. The Morgan fingerprint density at radius 3 is 2.85 bits per heavy atom. The molecule has 1 aliphatic rings. The number of alkyl halides is 1. The molecule has 4 heteroatoms. The Labute approximate surface area is 78.5 Å². The minimum Gasteiger partial charge on any atom is -0.389 e. The van der Waals surface area contributed by atoms with Crippen molar-refractivity contribution in [2.45, 2.75) is 25.5 Å². The summed E-state index contributed by atoms with van der Waals surface area (Å²) >= 11 is 0. The van der Waals surface area contributed by atoms with Crippen molar-refractivity contribution < 1.29 is 14.2 Å². The second-order valence-corrected chi connectivity index (χ2v) is 4.12. The maximum Gasteiger partial charge on any atom is 0.117 e. The van der Waals surface area contributed by atoms with E-state index in [4.69, 9.17) is 4.74 Å². The second-order valence-electron chi connectivity index (χ2n) is 4.12.